The molecule has 3 N–H and O–H groups in total. The highest BCUT2D eigenvalue weighted by atomic mass is 16.2. The molecule has 1 aliphatic carbocycles. The fourth-order valence-electron chi connectivity index (χ4n) is 2.78. The van der Waals surface area contributed by atoms with E-state index in [1.54, 1.807) is 0 Å². The molecule has 2 rings (SSSR count). The van der Waals surface area contributed by atoms with Crippen molar-refractivity contribution in [2.24, 2.45) is 11.7 Å². The zero-order valence-corrected chi connectivity index (χ0v) is 8.70. The average molecular weight is 197 g/mol. The molecule has 0 spiro atoms. The van der Waals surface area contributed by atoms with Crippen molar-refractivity contribution < 1.29 is 4.79 Å². The number of carbonyl (C=O) groups excluding carboxylic acids is 1. The van der Waals surface area contributed by atoms with Crippen LogP contribution in [0.4, 0.5) is 4.79 Å². The molecule has 3 atom stereocenters. The summed E-state index contributed by atoms with van der Waals surface area (Å²) in [5.74, 6) is 0.645. The molecule has 2 amide bonds. The van der Waals surface area contributed by atoms with E-state index in [0.29, 0.717) is 24.5 Å². The van der Waals surface area contributed by atoms with Crippen LogP contribution in [0.15, 0.2) is 0 Å². The number of nitrogens with one attached hydrogen (secondary N) is 1. The summed E-state index contributed by atoms with van der Waals surface area (Å²) in [5, 5.41) is 2.86. The first-order valence-electron chi connectivity index (χ1n) is 5.50. The monoisotopic (exact) mass is 197 g/mol. The molecule has 1 saturated carbocycles. The van der Waals surface area contributed by atoms with E-state index < -0.39 is 0 Å². The summed E-state index contributed by atoms with van der Waals surface area (Å²) >= 11 is 0. The minimum atomic E-state index is 0.0918. The lowest BCUT2D eigenvalue weighted by Gasteiger charge is -2.27. The van der Waals surface area contributed by atoms with Gasteiger partial charge in [-0.2, -0.15) is 0 Å². The number of rotatable bonds is 1. The average Bonchev–Trinajstić information content (AvgIpc) is 2.42. The van der Waals surface area contributed by atoms with Gasteiger partial charge in [0.25, 0.3) is 0 Å². The first-order chi connectivity index (χ1) is 6.70. The van der Waals surface area contributed by atoms with Crippen molar-refractivity contribution in [3.63, 3.8) is 0 Å². The van der Waals surface area contributed by atoms with E-state index in [1.807, 2.05) is 11.8 Å². The maximum Gasteiger partial charge on any atom is 0.317 e. The molecule has 4 nitrogen and oxygen atoms in total. The van der Waals surface area contributed by atoms with Crippen molar-refractivity contribution in [2.75, 3.05) is 13.1 Å². The van der Waals surface area contributed by atoms with E-state index in [9.17, 15) is 4.79 Å². The fraction of sp³-hybridized carbons (Fsp3) is 0.900. The van der Waals surface area contributed by atoms with Crippen LogP contribution in [-0.2, 0) is 0 Å². The quantitative estimate of drug-likeness (QED) is 0.644. The normalized spacial score (nSPS) is 35.9. The zero-order valence-electron chi connectivity index (χ0n) is 8.70. The Morgan fingerprint density at radius 1 is 1.50 bits per heavy atom. The minimum absolute atomic E-state index is 0.0918. The molecule has 1 aliphatic heterocycles. The number of urea groups is 1. The lowest BCUT2D eigenvalue weighted by molar-refractivity contribution is 0.190. The van der Waals surface area contributed by atoms with Crippen LogP contribution in [0, 0.1) is 5.92 Å². The number of amides is 2. The predicted molar refractivity (Wildman–Crippen MR) is 54.9 cm³/mol. The number of hydrogen-bond acceptors (Lipinski definition) is 2. The highest BCUT2D eigenvalue weighted by Crippen LogP contribution is 2.34. The third-order valence-electron chi connectivity index (χ3n) is 3.30. The van der Waals surface area contributed by atoms with Gasteiger partial charge in [-0.05, 0) is 32.1 Å². The van der Waals surface area contributed by atoms with Gasteiger partial charge in [-0.1, -0.05) is 0 Å². The second kappa shape index (κ2) is 3.77. The maximum absolute atomic E-state index is 11.7. The molecular formula is C10H19N3O. The number of nitrogens with zero attached hydrogens (tertiary/aromatic N) is 1. The van der Waals surface area contributed by atoms with Gasteiger partial charge in [0.2, 0.25) is 0 Å². The van der Waals surface area contributed by atoms with Crippen molar-refractivity contribution in [3.8, 4) is 0 Å². The first-order valence-corrected chi connectivity index (χ1v) is 5.50. The molecule has 80 valence electrons. The third kappa shape index (κ3) is 1.71. The Bertz CT molecular complexity index is 231. The van der Waals surface area contributed by atoms with E-state index in [4.69, 9.17) is 5.73 Å². The van der Waals surface area contributed by atoms with Crippen LogP contribution in [0.25, 0.3) is 0 Å². The van der Waals surface area contributed by atoms with Crippen LogP contribution >= 0.6 is 0 Å². The predicted octanol–water partition coefficient (Wildman–Crippen LogP) is 0.527. The summed E-state index contributed by atoms with van der Waals surface area (Å²) in [6, 6.07) is 0.794. The van der Waals surface area contributed by atoms with E-state index in [-0.39, 0.29) is 6.03 Å². The van der Waals surface area contributed by atoms with Crippen molar-refractivity contribution >= 4 is 6.03 Å². The number of carbonyl (C=O) groups is 1. The van der Waals surface area contributed by atoms with Crippen molar-refractivity contribution in [1.82, 2.24) is 10.2 Å². The Morgan fingerprint density at radius 2 is 2.29 bits per heavy atom. The number of likely N-dealkylation sites (tertiary alicyclic amines) is 1. The van der Waals surface area contributed by atoms with Gasteiger partial charge < -0.3 is 16.0 Å². The first kappa shape index (κ1) is 9.77. The summed E-state index contributed by atoms with van der Waals surface area (Å²) in [4.78, 5) is 13.6. The second-order valence-corrected chi connectivity index (χ2v) is 4.47. The number of fused-ring (bicyclic) bond motifs is 2. The molecule has 1 saturated heterocycles. The van der Waals surface area contributed by atoms with Gasteiger partial charge in [-0.25, -0.2) is 4.79 Å². The van der Waals surface area contributed by atoms with Crippen LogP contribution in [0.1, 0.15) is 26.2 Å². The van der Waals surface area contributed by atoms with Crippen LogP contribution < -0.4 is 11.1 Å². The molecular weight excluding hydrogens is 178 g/mol. The van der Waals surface area contributed by atoms with Gasteiger partial charge in [-0.3, -0.25) is 0 Å². The standard InChI is InChI=1S/C10H19N3O/c1-2-12-10(14)13-6-7-3-8(11)5-9(13)4-7/h7-9H,2-6,11H2,1H3,(H,12,14). The van der Waals surface area contributed by atoms with Crippen molar-refractivity contribution in [3.05, 3.63) is 0 Å². The van der Waals surface area contributed by atoms with E-state index >= 15 is 0 Å². The molecule has 0 radical (unpaired) electrons. The van der Waals surface area contributed by atoms with Crippen LogP contribution in [0.3, 0.4) is 0 Å². The van der Waals surface area contributed by atoms with Crippen LogP contribution in [0.2, 0.25) is 0 Å². The number of hydrogen-bond donors (Lipinski definition) is 2. The van der Waals surface area contributed by atoms with Crippen molar-refractivity contribution in [2.45, 2.75) is 38.3 Å². The summed E-state index contributed by atoms with van der Waals surface area (Å²) in [5.41, 5.74) is 5.93. The molecule has 1 heterocycles. The highest BCUT2D eigenvalue weighted by molar-refractivity contribution is 5.74. The minimum Gasteiger partial charge on any atom is -0.338 e. The van der Waals surface area contributed by atoms with E-state index in [2.05, 4.69) is 5.32 Å². The Balaban J connectivity index is 1.98. The largest absolute Gasteiger partial charge is 0.338 e. The Hall–Kier alpha value is -0.770. The van der Waals surface area contributed by atoms with Gasteiger partial charge >= 0.3 is 6.03 Å². The lowest BCUT2D eigenvalue weighted by Crippen LogP contribution is -2.44. The molecule has 2 bridgehead atoms. The van der Waals surface area contributed by atoms with Gasteiger partial charge in [0.05, 0.1) is 0 Å². The molecule has 2 fully saturated rings. The summed E-state index contributed by atoms with van der Waals surface area (Å²) in [6.07, 6.45) is 3.23. The summed E-state index contributed by atoms with van der Waals surface area (Å²) in [6.45, 7) is 3.56. The topological polar surface area (TPSA) is 58.4 Å². The molecule has 0 aromatic heterocycles. The van der Waals surface area contributed by atoms with Gasteiger partial charge in [0, 0.05) is 25.2 Å². The third-order valence-corrected chi connectivity index (χ3v) is 3.30. The fourth-order valence-corrected chi connectivity index (χ4v) is 2.78. The van der Waals surface area contributed by atoms with Gasteiger partial charge in [0.15, 0.2) is 0 Å². The Labute approximate surface area is 84.8 Å². The molecule has 2 aliphatic rings. The molecule has 3 unspecified atom stereocenters. The lowest BCUT2D eigenvalue weighted by atomic mass is 9.87. The molecule has 14 heavy (non-hydrogen) atoms. The second-order valence-electron chi connectivity index (χ2n) is 4.47. The zero-order chi connectivity index (χ0) is 10.1. The molecule has 4 heteroatoms. The summed E-state index contributed by atoms with van der Waals surface area (Å²) < 4.78 is 0. The van der Waals surface area contributed by atoms with E-state index in [1.165, 1.54) is 0 Å². The van der Waals surface area contributed by atoms with Crippen LogP contribution in [0.5, 0.6) is 0 Å². The maximum atomic E-state index is 11.7. The van der Waals surface area contributed by atoms with Gasteiger partial charge in [-0.15, -0.1) is 0 Å². The highest BCUT2D eigenvalue weighted by Gasteiger charge is 2.40. The van der Waals surface area contributed by atoms with Crippen molar-refractivity contribution in [1.29, 1.82) is 0 Å². The molecule has 0 aromatic rings. The SMILES string of the molecule is CCNC(=O)N1CC2CC(N)CC1C2. The van der Waals surface area contributed by atoms with Crippen LogP contribution in [-0.4, -0.2) is 36.1 Å². The Kier molecular flexibility index (Phi) is 2.63. The Morgan fingerprint density at radius 3 is 3.00 bits per heavy atom. The van der Waals surface area contributed by atoms with Gasteiger partial charge in [0.1, 0.15) is 0 Å². The smallest absolute Gasteiger partial charge is 0.317 e. The molecule has 0 aromatic carbocycles. The summed E-state index contributed by atoms with van der Waals surface area (Å²) in [7, 11) is 0. The number of nitrogens with two attached hydrogens (primary N) is 1. The van der Waals surface area contributed by atoms with E-state index in [0.717, 1.165) is 25.8 Å².